The normalized spacial score (nSPS) is 11.5. The highest BCUT2D eigenvalue weighted by molar-refractivity contribution is 5.91. The largest absolute Gasteiger partial charge is 0.417 e. The van der Waals surface area contributed by atoms with Crippen molar-refractivity contribution < 1.29 is 44.7 Å². The van der Waals surface area contributed by atoms with Crippen LogP contribution in [-0.2, 0) is 6.18 Å². The van der Waals surface area contributed by atoms with Crippen molar-refractivity contribution in [1.29, 1.82) is 0 Å². The minimum Gasteiger partial charge on any atom is -0.416 e. The van der Waals surface area contributed by atoms with Crippen molar-refractivity contribution in [3.05, 3.63) is 82.8 Å². The lowest BCUT2D eigenvalue weighted by molar-refractivity contribution is -0.137. The first-order chi connectivity index (χ1) is 14.0. The molecule has 0 atom stereocenters. The van der Waals surface area contributed by atoms with Gasteiger partial charge < -0.3 is 4.74 Å². The molecule has 0 saturated carbocycles. The molecule has 3 rings (SSSR count). The molecule has 2 aromatic carbocycles. The van der Waals surface area contributed by atoms with E-state index in [1.807, 2.05) is 0 Å². The fourth-order valence-corrected chi connectivity index (χ4v) is 2.34. The van der Waals surface area contributed by atoms with Crippen molar-refractivity contribution in [1.82, 2.24) is 4.98 Å². The Balaban J connectivity index is 1.83. The summed E-state index contributed by atoms with van der Waals surface area (Å²) >= 11 is 0. The minimum atomic E-state index is -4.57. The lowest BCUT2D eigenvalue weighted by Gasteiger charge is -2.09. The van der Waals surface area contributed by atoms with E-state index in [1.165, 1.54) is 12.1 Å². The number of alkyl halides is 3. The Morgan fingerprint density at radius 1 is 0.767 bits per heavy atom. The molecule has 3 nitrogen and oxygen atoms in total. The smallest absolute Gasteiger partial charge is 0.416 e. The predicted molar refractivity (Wildman–Crippen MR) is 85.9 cm³/mol. The third-order valence-corrected chi connectivity index (χ3v) is 3.87. The van der Waals surface area contributed by atoms with E-state index >= 15 is 0 Å². The van der Waals surface area contributed by atoms with Crippen LogP contribution < -0.4 is 4.74 Å². The van der Waals surface area contributed by atoms with Crippen LogP contribution in [0, 0.1) is 29.1 Å². The molecule has 0 amide bonds. The standard InChI is InChI=1S/C19H7F8NO2/c20-12-13(21)15(23)17(16(24)14(12)22)30-18(29)9-3-1-8(2-4-9)11-6-5-10(7-28-11)19(25,26)27/h1-7H. The Kier molecular flexibility index (Phi) is 5.47. The molecule has 156 valence electrons. The van der Waals surface area contributed by atoms with Gasteiger partial charge in [-0.3, -0.25) is 4.98 Å². The molecule has 0 unspecified atom stereocenters. The van der Waals surface area contributed by atoms with Crippen molar-refractivity contribution in [2.24, 2.45) is 0 Å². The van der Waals surface area contributed by atoms with Gasteiger partial charge in [0.25, 0.3) is 0 Å². The highest BCUT2D eigenvalue weighted by Gasteiger charge is 2.31. The number of aromatic nitrogens is 1. The lowest BCUT2D eigenvalue weighted by Crippen LogP contribution is -2.13. The Bertz CT molecular complexity index is 1080. The zero-order chi connectivity index (χ0) is 22.2. The summed E-state index contributed by atoms with van der Waals surface area (Å²) in [5.74, 6) is -14.8. The van der Waals surface area contributed by atoms with E-state index in [2.05, 4.69) is 9.72 Å². The molecule has 1 aromatic heterocycles. The van der Waals surface area contributed by atoms with Crippen molar-refractivity contribution in [2.45, 2.75) is 6.18 Å². The number of esters is 1. The number of ether oxygens (including phenoxy) is 1. The molecular weight excluding hydrogens is 426 g/mol. The first-order valence-corrected chi connectivity index (χ1v) is 7.88. The monoisotopic (exact) mass is 433 g/mol. The summed E-state index contributed by atoms with van der Waals surface area (Å²) in [7, 11) is 0. The summed E-state index contributed by atoms with van der Waals surface area (Å²) in [5, 5.41) is 0. The predicted octanol–water partition coefficient (Wildman–Crippen LogP) is 5.68. The molecule has 30 heavy (non-hydrogen) atoms. The second kappa shape index (κ2) is 7.73. The minimum absolute atomic E-state index is 0.127. The molecule has 0 fully saturated rings. The fraction of sp³-hybridized carbons (Fsp3) is 0.0526. The second-order valence-electron chi connectivity index (χ2n) is 5.80. The van der Waals surface area contributed by atoms with Crippen molar-refractivity contribution >= 4 is 5.97 Å². The molecule has 0 radical (unpaired) electrons. The molecule has 1 heterocycles. The van der Waals surface area contributed by atoms with E-state index in [-0.39, 0.29) is 16.8 Å². The quantitative estimate of drug-likeness (QED) is 0.175. The lowest BCUT2D eigenvalue weighted by atomic mass is 10.1. The fourth-order valence-electron chi connectivity index (χ4n) is 2.34. The van der Waals surface area contributed by atoms with Gasteiger partial charge in [0.2, 0.25) is 34.8 Å². The van der Waals surface area contributed by atoms with Gasteiger partial charge in [0.15, 0.2) is 0 Å². The molecule has 0 bridgehead atoms. The van der Waals surface area contributed by atoms with Crippen molar-refractivity contribution in [3.8, 4) is 17.0 Å². The summed E-state index contributed by atoms with van der Waals surface area (Å²) in [6.45, 7) is 0. The van der Waals surface area contributed by atoms with Crippen LogP contribution in [0.3, 0.4) is 0 Å². The van der Waals surface area contributed by atoms with Crippen LogP contribution in [-0.4, -0.2) is 11.0 Å². The Hall–Kier alpha value is -3.50. The van der Waals surface area contributed by atoms with Crippen LogP contribution in [0.1, 0.15) is 15.9 Å². The highest BCUT2D eigenvalue weighted by Crippen LogP contribution is 2.31. The van der Waals surface area contributed by atoms with E-state index < -0.39 is 52.5 Å². The summed E-state index contributed by atoms with van der Waals surface area (Å²) in [5.41, 5.74) is -0.872. The van der Waals surface area contributed by atoms with Gasteiger partial charge in [-0.15, -0.1) is 0 Å². The summed E-state index contributed by atoms with van der Waals surface area (Å²) in [6, 6.07) is 6.51. The van der Waals surface area contributed by atoms with Crippen LogP contribution >= 0.6 is 0 Å². The number of halogens is 8. The topological polar surface area (TPSA) is 39.2 Å². The van der Waals surface area contributed by atoms with Gasteiger partial charge in [-0.05, 0) is 24.3 Å². The average Bonchev–Trinajstić information content (AvgIpc) is 2.73. The number of carbonyl (C=O) groups is 1. The van der Waals surface area contributed by atoms with Crippen LogP contribution in [0.15, 0.2) is 42.6 Å². The average molecular weight is 433 g/mol. The summed E-state index contributed by atoms with van der Waals surface area (Å²) in [4.78, 5) is 15.6. The molecule has 0 aliphatic rings. The van der Waals surface area contributed by atoms with Gasteiger partial charge in [-0.2, -0.15) is 22.0 Å². The Labute approximate surface area is 162 Å². The van der Waals surface area contributed by atoms with E-state index in [0.717, 1.165) is 24.3 Å². The summed E-state index contributed by atoms with van der Waals surface area (Å²) in [6.07, 6.45) is -3.95. The third-order valence-electron chi connectivity index (χ3n) is 3.87. The Morgan fingerprint density at radius 2 is 1.30 bits per heavy atom. The van der Waals surface area contributed by atoms with E-state index in [0.29, 0.717) is 6.20 Å². The maximum atomic E-state index is 13.6. The number of hydrogen-bond acceptors (Lipinski definition) is 3. The molecule has 3 aromatic rings. The highest BCUT2D eigenvalue weighted by atomic mass is 19.4. The van der Waals surface area contributed by atoms with E-state index in [9.17, 15) is 39.9 Å². The van der Waals surface area contributed by atoms with Crippen molar-refractivity contribution in [2.75, 3.05) is 0 Å². The van der Waals surface area contributed by atoms with Gasteiger partial charge in [0.05, 0.1) is 16.8 Å². The van der Waals surface area contributed by atoms with Crippen molar-refractivity contribution in [3.63, 3.8) is 0 Å². The van der Waals surface area contributed by atoms with Crippen LogP contribution in [0.2, 0.25) is 0 Å². The molecule has 11 heteroatoms. The second-order valence-corrected chi connectivity index (χ2v) is 5.80. The van der Waals surface area contributed by atoms with Gasteiger partial charge >= 0.3 is 12.1 Å². The molecular formula is C19H7F8NO2. The van der Waals surface area contributed by atoms with Gasteiger partial charge in [-0.1, -0.05) is 12.1 Å². The van der Waals surface area contributed by atoms with Crippen LogP contribution in [0.5, 0.6) is 5.75 Å². The zero-order valence-corrected chi connectivity index (χ0v) is 14.3. The van der Waals surface area contributed by atoms with Gasteiger partial charge in [-0.25, -0.2) is 18.0 Å². The number of carbonyl (C=O) groups excluding carboxylic acids is 1. The maximum Gasteiger partial charge on any atom is 0.417 e. The Morgan fingerprint density at radius 3 is 1.77 bits per heavy atom. The SMILES string of the molecule is O=C(Oc1c(F)c(F)c(F)c(F)c1F)c1ccc(-c2ccc(C(F)(F)F)cn2)cc1. The molecule has 0 aliphatic heterocycles. The zero-order valence-electron chi connectivity index (χ0n) is 14.3. The molecule has 0 spiro atoms. The third kappa shape index (κ3) is 3.95. The number of hydrogen-bond donors (Lipinski definition) is 0. The molecule has 0 saturated heterocycles. The number of rotatable bonds is 3. The number of benzene rings is 2. The van der Waals surface area contributed by atoms with Crippen LogP contribution in [0.25, 0.3) is 11.3 Å². The van der Waals surface area contributed by atoms with E-state index in [4.69, 9.17) is 0 Å². The number of pyridine rings is 1. The van der Waals surface area contributed by atoms with Crippen LogP contribution in [0.4, 0.5) is 35.1 Å². The molecule has 0 N–H and O–H groups in total. The molecule has 0 aliphatic carbocycles. The van der Waals surface area contributed by atoms with Gasteiger partial charge in [0, 0.05) is 11.8 Å². The number of nitrogens with zero attached hydrogens (tertiary/aromatic N) is 1. The first kappa shape index (κ1) is 21.2. The maximum absolute atomic E-state index is 13.6. The first-order valence-electron chi connectivity index (χ1n) is 7.88. The van der Waals surface area contributed by atoms with Gasteiger partial charge in [0.1, 0.15) is 0 Å². The summed E-state index contributed by atoms with van der Waals surface area (Å²) < 4.78 is 109. The van der Waals surface area contributed by atoms with E-state index in [1.54, 1.807) is 0 Å².